The van der Waals surface area contributed by atoms with Gasteiger partial charge in [0.2, 0.25) is 5.91 Å². The second kappa shape index (κ2) is 9.28. The summed E-state index contributed by atoms with van der Waals surface area (Å²) < 4.78 is 5.38. The first-order chi connectivity index (χ1) is 9.24. The van der Waals surface area contributed by atoms with Crippen molar-refractivity contribution in [3.05, 3.63) is 0 Å². The molecule has 2 N–H and O–H groups in total. The van der Waals surface area contributed by atoms with E-state index in [0.717, 1.165) is 19.4 Å². The molecule has 2 unspecified atom stereocenters. The first-order valence-electron chi connectivity index (χ1n) is 7.39. The molecule has 2 atom stereocenters. The van der Waals surface area contributed by atoms with Gasteiger partial charge in [-0.05, 0) is 13.5 Å². The number of aliphatic hydroxyl groups excluding tert-OH is 1. The number of carbonyl (C=O) groups is 1. The summed E-state index contributed by atoms with van der Waals surface area (Å²) in [6.07, 6.45) is 4.54. The number of nitrogens with one attached hydrogen (secondary N) is 1. The number of nitrogens with zero attached hydrogens (tertiary/aromatic N) is 1. The van der Waals surface area contributed by atoms with Crippen LogP contribution in [-0.2, 0) is 9.53 Å². The summed E-state index contributed by atoms with van der Waals surface area (Å²) in [5.74, 6) is 0.00474. The highest BCUT2D eigenvalue weighted by Gasteiger charge is 2.35. The van der Waals surface area contributed by atoms with Gasteiger partial charge in [0, 0.05) is 19.1 Å². The molecule has 0 saturated carbocycles. The first-order valence-corrected chi connectivity index (χ1v) is 7.39. The fraction of sp³-hybridized carbons (Fsp3) is 0.929. The molecule has 0 aromatic rings. The largest absolute Gasteiger partial charge is 0.395 e. The Kier molecular flexibility index (Phi) is 8.02. The van der Waals surface area contributed by atoms with Crippen molar-refractivity contribution in [3.63, 3.8) is 0 Å². The number of likely N-dealkylation sites (N-methyl/N-ethyl adjacent to an activating group) is 1. The molecule has 1 heterocycles. The Bertz CT molecular complexity index is 261. The minimum Gasteiger partial charge on any atom is -0.395 e. The van der Waals surface area contributed by atoms with Gasteiger partial charge in [-0.15, -0.1) is 0 Å². The fourth-order valence-electron chi connectivity index (χ4n) is 2.50. The zero-order valence-corrected chi connectivity index (χ0v) is 12.2. The fourth-order valence-corrected chi connectivity index (χ4v) is 2.50. The van der Waals surface area contributed by atoms with Gasteiger partial charge < -0.3 is 20.1 Å². The SMILES string of the molecule is CCCCCCN(CCO)C(=O)C1COCC1NC. The third-order valence-electron chi connectivity index (χ3n) is 3.73. The maximum absolute atomic E-state index is 12.5. The van der Waals surface area contributed by atoms with Crippen molar-refractivity contribution >= 4 is 5.91 Å². The van der Waals surface area contributed by atoms with Crippen molar-refractivity contribution < 1.29 is 14.6 Å². The highest BCUT2D eigenvalue weighted by atomic mass is 16.5. The normalized spacial score (nSPS) is 22.7. The molecule has 19 heavy (non-hydrogen) atoms. The van der Waals surface area contributed by atoms with Crippen molar-refractivity contribution in [1.29, 1.82) is 0 Å². The van der Waals surface area contributed by atoms with Crippen LogP contribution in [0.4, 0.5) is 0 Å². The molecule has 0 radical (unpaired) electrons. The second-order valence-electron chi connectivity index (χ2n) is 5.15. The van der Waals surface area contributed by atoms with E-state index < -0.39 is 0 Å². The average Bonchev–Trinajstić information content (AvgIpc) is 2.90. The molecule has 0 spiro atoms. The Hall–Kier alpha value is -0.650. The first kappa shape index (κ1) is 16.4. The van der Waals surface area contributed by atoms with E-state index in [1.165, 1.54) is 12.8 Å². The number of unbranched alkanes of at least 4 members (excludes halogenated alkanes) is 3. The molecule has 5 heteroatoms. The zero-order chi connectivity index (χ0) is 14.1. The van der Waals surface area contributed by atoms with E-state index in [9.17, 15) is 4.79 Å². The van der Waals surface area contributed by atoms with Crippen LogP contribution in [0.2, 0.25) is 0 Å². The van der Waals surface area contributed by atoms with Gasteiger partial charge >= 0.3 is 0 Å². The summed E-state index contributed by atoms with van der Waals surface area (Å²) in [6.45, 7) is 4.45. The van der Waals surface area contributed by atoms with Crippen LogP contribution in [0.1, 0.15) is 32.6 Å². The van der Waals surface area contributed by atoms with Gasteiger partial charge in [0.25, 0.3) is 0 Å². The highest BCUT2D eigenvalue weighted by Crippen LogP contribution is 2.17. The van der Waals surface area contributed by atoms with Gasteiger partial charge in [-0.1, -0.05) is 26.2 Å². The summed E-state index contributed by atoms with van der Waals surface area (Å²) in [6, 6.07) is 0.101. The van der Waals surface area contributed by atoms with E-state index in [0.29, 0.717) is 19.8 Å². The average molecular weight is 272 g/mol. The van der Waals surface area contributed by atoms with Gasteiger partial charge in [-0.2, -0.15) is 0 Å². The van der Waals surface area contributed by atoms with Crippen LogP contribution in [0.15, 0.2) is 0 Å². The summed E-state index contributed by atoms with van der Waals surface area (Å²) >= 11 is 0. The molecule has 1 fully saturated rings. The van der Waals surface area contributed by atoms with Crippen molar-refractivity contribution in [2.75, 3.05) is 40.0 Å². The smallest absolute Gasteiger partial charge is 0.229 e. The van der Waals surface area contributed by atoms with Crippen LogP contribution in [0.5, 0.6) is 0 Å². The predicted octanol–water partition coefficient (Wildman–Crippen LogP) is 0.622. The molecule has 1 aliphatic rings. The third kappa shape index (κ3) is 5.09. The van der Waals surface area contributed by atoms with E-state index in [1.54, 1.807) is 4.90 Å². The minimum atomic E-state index is -0.109. The molecule has 0 aromatic heterocycles. The number of hydrogen-bond acceptors (Lipinski definition) is 4. The Labute approximate surface area is 116 Å². The van der Waals surface area contributed by atoms with Gasteiger partial charge in [-0.25, -0.2) is 0 Å². The van der Waals surface area contributed by atoms with E-state index in [1.807, 2.05) is 7.05 Å². The van der Waals surface area contributed by atoms with Crippen molar-refractivity contribution in [2.24, 2.45) is 5.92 Å². The minimum absolute atomic E-state index is 0.0251. The summed E-state index contributed by atoms with van der Waals surface area (Å²) in [5.41, 5.74) is 0. The number of hydrogen-bond donors (Lipinski definition) is 2. The summed E-state index contributed by atoms with van der Waals surface area (Å²) in [7, 11) is 1.86. The Morgan fingerprint density at radius 3 is 2.74 bits per heavy atom. The molecule has 0 aliphatic carbocycles. The Morgan fingerprint density at radius 2 is 2.11 bits per heavy atom. The summed E-state index contributed by atoms with van der Waals surface area (Å²) in [5, 5.41) is 12.2. The predicted molar refractivity (Wildman–Crippen MR) is 75.0 cm³/mol. The molecular formula is C14H28N2O3. The number of carbonyl (C=O) groups excluding carboxylic acids is 1. The highest BCUT2D eigenvalue weighted by molar-refractivity contribution is 5.80. The number of amides is 1. The molecule has 1 amide bonds. The lowest BCUT2D eigenvalue weighted by Crippen LogP contribution is -2.46. The van der Waals surface area contributed by atoms with Crippen LogP contribution in [-0.4, -0.2) is 61.9 Å². The van der Waals surface area contributed by atoms with E-state index in [2.05, 4.69) is 12.2 Å². The second-order valence-corrected chi connectivity index (χ2v) is 5.15. The van der Waals surface area contributed by atoms with Crippen molar-refractivity contribution in [1.82, 2.24) is 10.2 Å². The summed E-state index contributed by atoms with van der Waals surface area (Å²) in [4.78, 5) is 14.3. The third-order valence-corrected chi connectivity index (χ3v) is 3.73. The molecule has 112 valence electrons. The van der Waals surface area contributed by atoms with E-state index in [4.69, 9.17) is 9.84 Å². The molecule has 1 rings (SSSR count). The maximum Gasteiger partial charge on any atom is 0.229 e. The number of aliphatic hydroxyl groups is 1. The Morgan fingerprint density at radius 1 is 1.32 bits per heavy atom. The van der Waals surface area contributed by atoms with Crippen molar-refractivity contribution in [3.8, 4) is 0 Å². The molecule has 0 aromatic carbocycles. The van der Waals surface area contributed by atoms with Gasteiger partial charge in [0.05, 0.1) is 25.7 Å². The monoisotopic (exact) mass is 272 g/mol. The lowest BCUT2D eigenvalue weighted by molar-refractivity contribution is -0.136. The van der Waals surface area contributed by atoms with Crippen molar-refractivity contribution in [2.45, 2.75) is 38.6 Å². The zero-order valence-electron chi connectivity index (χ0n) is 12.2. The van der Waals surface area contributed by atoms with Gasteiger partial charge in [-0.3, -0.25) is 4.79 Å². The maximum atomic E-state index is 12.5. The van der Waals surface area contributed by atoms with E-state index >= 15 is 0 Å². The van der Waals surface area contributed by atoms with E-state index in [-0.39, 0.29) is 24.5 Å². The lowest BCUT2D eigenvalue weighted by atomic mass is 10.0. The number of ether oxygens (including phenoxy) is 1. The van der Waals surface area contributed by atoms with Crippen LogP contribution in [0.3, 0.4) is 0 Å². The van der Waals surface area contributed by atoms with Crippen LogP contribution < -0.4 is 5.32 Å². The molecular weight excluding hydrogens is 244 g/mol. The molecule has 1 saturated heterocycles. The molecule has 5 nitrogen and oxygen atoms in total. The van der Waals surface area contributed by atoms with Crippen LogP contribution in [0.25, 0.3) is 0 Å². The quantitative estimate of drug-likeness (QED) is 0.604. The lowest BCUT2D eigenvalue weighted by Gasteiger charge is -2.27. The van der Waals surface area contributed by atoms with Gasteiger partial charge in [0.1, 0.15) is 0 Å². The standard InChI is InChI=1S/C14H28N2O3/c1-3-4-5-6-7-16(8-9-17)14(18)12-10-19-11-13(12)15-2/h12-13,15,17H,3-11H2,1-2H3. The van der Waals surface area contributed by atoms with Gasteiger partial charge in [0.15, 0.2) is 0 Å². The number of rotatable bonds is 9. The molecule has 1 aliphatic heterocycles. The topological polar surface area (TPSA) is 61.8 Å². The molecule has 0 bridgehead atoms. The Balaban J connectivity index is 2.46. The van der Waals surface area contributed by atoms with Crippen LogP contribution in [0, 0.1) is 5.92 Å². The van der Waals surface area contributed by atoms with Crippen LogP contribution >= 0.6 is 0 Å².